The molecule has 0 bridgehead atoms. The number of ether oxygens (including phenoxy) is 1. The summed E-state index contributed by atoms with van der Waals surface area (Å²) in [5.41, 5.74) is 1.34. The van der Waals surface area contributed by atoms with Crippen LogP contribution in [0, 0.1) is 0 Å². The lowest BCUT2D eigenvalue weighted by molar-refractivity contribution is -0.137. The molecule has 0 aliphatic rings. The van der Waals surface area contributed by atoms with E-state index >= 15 is 0 Å². The molecule has 0 atom stereocenters. The topological polar surface area (TPSA) is 39.2 Å². The highest BCUT2D eigenvalue weighted by atomic mass is 32.1. The number of esters is 1. The number of hydrogen-bond donors (Lipinski definition) is 0. The average molecular weight is 391 g/mol. The lowest BCUT2D eigenvalue weighted by atomic mass is 10.1. The van der Waals surface area contributed by atoms with Crippen molar-refractivity contribution >= 4 is 17.3 Å². The molecule has 2 aromatic carbocycles. The molecule has 27 heavy (non-hydrogen) atoms. The Kier molecular flexibility index (Phi) is 5.60. The van der Waals surface area contributed by atoms with Crippen molar-refractivity contribution in [3.63, 3.8) is 0 Å². The van der Waals surface area contributed by atoms with Gasteiger partial charge >= 0.3 is 12.1 Å². The van der Waals surface area contributed by atoms with Gasteiger partial charge in [-0.05, 0) is 24.6 Å². The first-order chi connectivity index (χ1) is 12.9. The molecule has 3 aromatic rings. The van der Waals surface area contributed by atoms with Gasteiger partial charge in [-0.25, -0.2) is 9.78 Å². The Morgan fingerprint density at radius 3 is 2.33 bits per heavy atom. The van der Waals surface area contributed by atoms with E-state index in [4.69, 9.17) is 4.74 Å². The summed E-state index contributed by atoms with van der Waals surface area (Å²) in [5, 5.41) is 0.484. The van der Waals surface area contributed by atoms with Crippen LogP contribution in [0.3, 0.4) is 0 Å². The second kappa shape index (κ2) is 7.92. The van der Waals surface area contributed by atoms with E-state index in [-0.39, 0.29) is 6.61 Å². The van der Waals surface area contributed by atoms with E-state index in [1.165, 1.54) is 12.1 Å². The fourth-order valence-electron chi connectivity index (χ4n) is 2.54. The number of hydrogen-bond acceptors (Lipinski definition) is 4. The Labute approximate surface area is 158 Å². The highest BCUT2D eigenvalue weighted by Crippen LogP contribution is 2.33. The van der Waals surface area contributed by atoms with Crippen molar-refractivity contribution in [2.75, 3.05) is 6.61 Å². The van der Waals surface area contributed by atoms with Gasteiger partial charge in [-0.15, -0.1) is 11.3 Å². The molecule has 0 aliphatic heterocycles. The molecule has 0 fully saturated rings. The Bertz CT molecular complexity index is 919. The molecule has 7 heteroatoms. The summed E-state index contributed by atoms with van der Waals surface area (Å²) in [6.07, 6.45) is -3.96. The van der Waals surface area contributed by atoms with Crippen LogP contribution < -0.4 is 0 Å². The van der Waals surface area contributed by atoms with Gasteiger partial charge in [0.2, 0.25) is 0 Å². The SMILES string of the molecule is CCOC(=O)c1sc(-c2ccc(C(F)(F)F)cc2)nc1Cc1ccccc1. The van der Waals surface area contributed by atoms with Gasteiger partial charge in [0.15, 0.2) is 0 Å². The first-order valence-corrected chi connectivity index (χ1v) is 9.08. The largest absolute Gasteiger partial charge is 0.462 e. The summed E-state index contributed by atoms with van der Waals surface area (Å²) in [7, 11) is 0. The highest BCUT2D eigenvalue weighted by molar-refractivity contribution is 7.17. The number of rotatable bonds is 5. The molecule has 1 heterocycles. The van der Waals surface area contributed by atoms with Crippen molar-refractivity contribution in [3.05, 3.63) is 76.3 Å². The molecule has 0 aliphatic carbocycles. The van der Waals surface area contributed by atoms with Crippen LogP contribution in [0.15, 0.2) is 54.6 Å². The van der Waals surface area contributed by atoms with Crippen LogP contribution in [-0.4, -0.2) is 17.6 Å². The highest BCUT2D eigenvalue weighted by Gasteiger charge is 2.30. The molecule has 0 saturated heterocycles. The fraction of sp³-hybridized carbons (Fsp3) is 0.200. The lowest BCUT2D eigenvalue weighted by Gasteiger charge is -2.06. The summed E-state index contributed by atoms with van der Waals surface area (Å²) < 4.78 is 43.3. The van der Waals surface area contributed by atoms with Crippen molar-refractivity contribution in [1.82, 2.24) is 4.98 Å². The summed E-state index contributed by atoms with van der Waals surface area (Å²) in [5.74, 6) is -0.473. The molecule has 3 nitrogen and oxygen atoms in total. The summed E-state index contributed by atoms with van der Waals surface area (Å²) in [6.45, 7) is 1.95. The second-order valence-corrected chi connectivity index (χ2v) is 6.75. The third kappa shape index (κ3) is 4.54. The molecular weight excluding hydrogens is 375 g/mol. The minimum Gasteiger partial charge on any atom is -0.462 e. The average Bonchev–Trinajstić information content (AvgIpc) is 3.06. The zero-order valence-electron chi connectivity index (χ0n) is 14.4. The van der Waals surface area contributed by atoms with E-state index in [1.807, 2.05) is 30.3 Å². The molecule has 0 saturated carbocycles. The van der Waals surface area contributed by atoms with Crippen molar-refractivity contribution in [2.45, 2.75) is 19.5 Å². The number of carbonyl (C=O) groups is 1. The van der Waals surface area contributed by atoms with E-state index in [0.717, 1.165) is 29.0 Å². The molecule has 0 radical (unpaired) electrons. The second-order valence-electron chi connectivity index (χ2n) is 5.75. The zero-order valence-corrected chi connectivity index (χ0v) is 15.2. The zero-order chi connectivity index (χ0) is 19.4. The van der Waals surface area contributed by atoms with Gasteiger partial charge in [0, 0.05) is 12.0 Å². The van der Waals surface area contributed by atoms with Crippen LogP contribution in [0.1, 0.15) is 33.4 Å². The van der Waals surface area contributed by atoms with E-state index in [2.05, 4.69) is 4.98 Å². The molecule has 0 N–H and O–H groups in total. The Morgan fingerprint density at radius 1 is 1.07 bits per heavy atom. The van der Waals surface area contributed by atoms with Gasteiger partial charge in [-0.3, -0.25) is 0 Å². The van der Waals surface area contributed by atoms with E-state index in [9.17, 15) is 18.0 Å². The summed E-state index contributed by atoms with van der Waals surface area (Å²) >= 11 is 1.13. The number of aromatic nitrogens is 1. The Balaban J connectivity index is 1.96. The van der Waals surface area contributed by atoms with E-state index in [1.54, 1.807) is 6.92 Å². The summed E-state index contributed by atoms with van der Waals surface area (Å²) in [4.78, 5) is 17.2. The summed E-state index contributed by atoms with van der Waals surface area (Å²) in [6, 6.07) is 14.3. The Hall–Kier alpha value is -2.67. The van der Waals surface area contributed by atoms with Crippen LogP contribution in [0.5, 0.6) is 0 Å². The minimum absolute atomic E-state index is 0.233. The predicted molar refractivity (Wildman–Crippen MR) is 97.8 cm³/mol. The van der Waals surface area contributed by atoms with Crippen LogP contribution in [0.25, 0.3) is 10.6 Å². The van der Waals surface area contributed by atoms with Crippen LogP contribution in [0.2, 0.25) is 0 Å². The van der Waals surface area contributed by atoms with Crippen molar-refractivity contribution < 1.29 is 22.7 Å². The third-order valence-corrected chi connectivity index (χ3v) is 4.96. The van der Waals surface area contributed by atoms with Crippen LogP contribution >= 0.6 is 11.3 Å². The van der Waals surface area contributed by atoms with Gasteiger partial charge in [0.25, 0.3) is 0 Å². The maximum absolute atomic E-state index is 12.7. The molecule has 140 valence electrons. The number of carbonyl (C=O) groups excluding carboxylic acids is 1. The maximum atomic E-state index is 12.7. The van der Waals surface area contributed by atoms with Gasteiger partial charge in [-0.2, -0.15) is 13.2 Å². The van der Waals surface area contributed by atoms with Crippen LogP contribution in [0.4, 0.5) is 13.2 Å². The molecule has 0 unspecified atom stereocenters. The van der Waals surface area contributed by atoms with Gasteiger partial charge in [-0.1, -0.05) is 42.5 Å². The first-order valence-electron chi connectivity index (χ1n) is 8.27. The molecular formula is C20H16F3NO2S. The maximum Gasteiger partial charge on any atom is 0.416 e. The molecule has 1 aromatic heterocycles. The standard InChI is InChI=1S/C20H16F3NO2S/c1-2-26-19(25)17-16(12-13-6-4-3-5-7-13)24-18(27-17)14-8-10-15(11-9-14)20(21,22)23/h3-11H,2,12H2,1H3. The monoisotopic (exact) mass is 391 g/mol. The number of nitrogens with zero attached hydrogens (tertiary/aromatic N) is 1. The van der Waals surface area contributed by atoms with Crippen molar-refractivity contribution in [1.29, 1.82) is 0 Å². The number of benzene rings is 2. The smallest absolute Gasteiger partial charge is 0.416 e. The van der Waals surface area contributed by atoms with Gasteiger partial charge in [0.1, 0.15) is 9.88 Å². The molecule has 0 amide bonds. The number of alkyl halides is 3. The van der Waals surface area contributed by atoms with Gasteiger partial charge < -0.3 is 4.74 Å². The van der Waals surface area contributed by atoms with Crippen molar-refractivity contribution in [3.8, 4) is 10.6 Å². The number of halogens is 3. The Morgan fingerprint density at radius 2 is 1.74 bits per heavy atom. The number of thiazole rings is 1. The van der Waals surface area contributed by atoms with E-state index in [0.29, 0.717) is 27.6 Å². The van der Waals surface area contributed by atoms with Crippen molar-refractivity contribution in [2.24, 2.45) is 0 Å². The van der Waals surface area contributed by atoms with E-state index < -0.39 is 17.7 Å². The van der Waals surface area contributed by atoms with Gasteiger partial charge in [0.05, 0.1) is 17.9 Å². The minimum atomic E-state index is -4.39. The molecule has 0 spiro atoms. The quantitative estimate of drug-likeness (QED) is 0.532. The predicted octanol–water partition coefficient (Wildman–Crippen LogP) is 5.60. The lowest BCUT2D eigenvalue weighted by Crippen LogP contribution is -2.06. The third-order valence-electron chi connectivity index (χ3n) is 3.83. The first kappa shape index (κ1) is 19.1. The molecule has 3 rings (SSSR count). The normalized spacial score (nSPS) is 11.4. The van der Waals surface area contributed by atoms with Crippen LogP contribution in [-0.2, 0) is 17.3 Å². The fourth-order valence-corrected chi connectivity index (χ4v) is 3.52.